The van der Waals surface area contributed by atoms with Gasteiger partial charge in [0.1, 0.15) is 5.72 Å². The summed E-state index contributed by atoms with van der Waals surface area (Å²) in [5.41, 5.74) is 4.78. The number of likely N-dealkylation sites (tertiary alicyclic amines) is 1. The first-order valence-electron chi connectivity index (χ1n) is 10.8. The third kappa shape index (κ3) is 3.30. The van der Waals surface area contributed by atoms with Crippen LogP contribution in [0.3, 0.4) is 0 Å². The summed E-state index contributed by atoms with van der Waals surface area (Å²) >= 11 is 0. The van der Waals surface area contributed by atoms with Crippen LogP contribution in [0, 0.1) is 11.8 Å². The van der Waals surface area contributed by atoms with Crippen molar-refractivity contribution in [2.24, 2.45) is 11.8 Å². The highest BCUT2D eigenvalue weighted by molar-refractivity contribution is 5.87. The fourth-order valence-electron chi connectivity index (χ4n) is 5.95. The number of nitrogens with zero attached hydrogens (tertiary/aromatic N) is 1. The zero-order valence-electron chi connectivity index (χ0n) is 17.1. The molecule has 2 bridgehead atoms. The molecule has 0 spiro atoms. The summed E-state index contributed by atoms with van der Waals surface area (Å²) in [6.45, 7) is 7.49. The lowest BCUT2D eigenvalue weighted by atomic mass is 9.86. The van der Waals surface area contributed by atoms with E-state index in [4.69, 9.17) is 4.74 Å². The molecule has 2 aliphatic carbocycles. The first kappa shape index (κ1) is 19.9. The van der Waals surface area contributed by atoms with E-state index < -0.39 is 0 Å². The average Bonchev–Trinajstić information content (AvgIpc) is 3.37. The van der Waals surface area contributed by atoms with Crippen molar-refractivity contribution in [3.05, 3.63) is 53.6 Å². The lowest BCUT2D eigenvalue weighted by Crippen LogP contribution is -2.45. The van der Waals surface area contributed by atoms with Gasteiger partial charge >= 0.3 is 0 Å². The molecule has 1 aliphatic heterocycles. The van der Waals surface area contributed by atoms with Gasteiger partial charge in [0.05, 0.1) is 0 Å². The monoisotopic (exact) mass is 397 g/mol. The third-order valence-electron chi connectivity index (χ3n) is 7.29. The van der Waals surface area contributed by atoms with Crippen molar-refractivity contribution in [2.75, 3.05) is 19.7 Å². The van der Waals surface area contributed by atoms with Crippen molar-refractivity contribution in [1.29, 1.82) is 0 Å². The quantitative estimate of drug-likeness (QED) is 0.587. The second-order valence-corrected chi connectivity index (χ2v) is 8.84. The van der Waals surface area contributed by atoms with Crippen molar-refractivity contribution in [2.45, 2.75) is 51.7 Å². The summed E-state index contributed by atoms with van der Waals surface area (Å²) < 4.78 is 6.20. The molecule has 3 atom stereocenters. The highest BCUT2D eigenvalue weighted by atomic mass is 35.5. The molecule has 150 valence electrons. The van der Waals surface area contributed by atoms with Gasteiger partial charge in [-0.05, 0) is 91.3 Å². The predicted molar refractivity (Wildman–Crippen MR) is 120 cm³/mol. The van der Waals surface area contributed by atoms with Crippen LogP contribution in [0.1, 0.15) is 51.5 Å². The molecule has 0 N–H and O–H groups in total. The van der Waals surface area contributed by atoms with Crippen molar-refractivity contribution >= 4 is 28.8 Å². The van der Waals surface area contributed by atoms with Crippen LogP contribution in [0.15, 0.2) is 48.0 Å². The van der Waals surface area contributed by atoms with Gasteiger partial charge in [0, 0.05) is 19.7 Å². The maximum atomic E-state index is 6.20. The average molecular weight is 398 g/mol. The number of hydrogen-bond acceptors (Lipinski definition) is 2. The molecular formula is C25H32ClNO. The SMILES string of the molecule is CCO[C@@]1(C)CCCN1CC1=C(c2ccc3ccccc3c2)C2CCC1C2.Cl. The fourth-order valence-corrected chi connectivity index (χ4v) is 5.95. The van der Waals surface area contributed by atoms with E-state index in [2.05, 4.69) is 61.2 Å². The first-order chi connectivity index (χ1) is 13.2. The normalized spacial score (nSPS) is 29.6. The number of halogens is 1. The Bertz CT molecular complexity index is 891. The number of ether oxygens (including phenoxy) is 1. The minimum atomic E-state index is -0.0714. The highest BCUT2D eigenvalue weighted by Gasteiger charge is 2.43. The molecule has 0 radical (unpaired) electrons. The van der Waals surface area contributed by atoms with Gasteiger partial charge in [-0.25, -0.2) is 0 Å². The minimum absolute atomic E-state index is 0. The lowest BCUT2D eigenvalue weighted by molar-refractivity contribution is -0.115. The summed E-state index contributed by atoms with van der Waals surface area (Å²) in [4.78, 5) is 2.62. The Morgan fingerprint density at radius 2 is 1.86 bits per heavy atom. The molecular weight excluding hydrogens is 366 g/mol. The van der Waals surface area contributed by atoms with Crippen molar-refractivity contribution in [1.82, 2.24) is 4.90 Å². The molecule has 0 amide bonds. The van der Waals surface area contributed by atoms with Crippen LogP contribution >= 0.6 is 12.4 Å². The zero-order valence-corrected chi connectivity index (χ0v) is 17.9. The molecule has 5 rings (SSSR count). The van der Waals surface area contributed by atoms with Gasteiger partial charge in [0.15, 0.2) is 0 Å². The van der Waals surface area contributed by atoms with E-state index in [-0.39, 0.29) is 18.1 Å². The van der Waals surface area contributed by atoms with E-state index in [9.17, 15) is 0 Å². The first-order valence-corrected chi connectivity index (χ1v) is 10.8. The Balaban J connectivity index is 0.00000192. The molecule has 2 nitrogen and oxygen atoms in total. The minimum Gasteiger partial charge on any atom is -0.361 e. The molecule has 2 aromatic rings. The molecule has 2 fully saturated rings. The lowest BCUT2D eigenvalue weighted by Gasteiger charge is -2.36. The van der Waals surface area contributed by atoms with E-state index >= 15 is 0 Å². The Morgan fingerprint density at radius 3 is 2.68 bits per heavy atom. The van der Waals surface area contributed by atoms with Gasteiger partial charge in [-0.3, -0.25) is 4.90 Å². The van der Waals surface area contributed by atoms with E-state index in [0.29, 0.717) is 0 Å². The molecule has 2 unspecified atom stereocenters. The summed E-state index contributed by atoms with van der Waals surface area (Å²) in [6.07, 6.45) is 6.54. The molecule has 0 aromatic heterocycles. The maximum absolute atomic E-state index is 6.20. The smallest absolute Gasteiger partial charge is 0.119 e. The number of benzene rings is 2. The molecule has 1 saturated heterocycles. The van der Waals surface area contributed by atoms with E-state index in [1.807, 2.05) is 0 Å². The van der Waals surface area contributed by atoms with E-state index in [0.717, 1.165) is 31.4 Å². The molecule has 1 heterocycles. The largest absolute Gasteiger partial charge is 0.361 e. The standard InChI is InChI=1S/C25H31NO.ClH/c1-3-27-25(2)13-6-14-26(25)17-23-20-10-12-22(16-20)24(23)21-11-9-18-7-4-5-8-19(18)15-21;/h4-5,7-9,11,15,20,22H,3,6,10,12-14,16-17H2,1-2H3;1H/t20?,22?,25-;/m0./s1. The van der Waals surface area contributed by atoms with E-state index in [1.54, 1.807) is 11.1 Å². The van der Waals surface area contributed by atoms with Gasteiger partial charge in [-0.15, -0.1) is 12.4 Å². The van der Waals surface area contributed by atoms with Gasteiger partial charge < -0.3 is 4.74 Å². The molecule has 2 aromatic carbocycles. The van der Waals surface area contributed by atoms with E-state index in [1.165, 1.54) is 48.6 Å². The van der Waals surface area contributed by atoms with Crippen LogP contribution in [0.4, 0.5) is 0 Å². The molecule has 3 heteroatoms. The molecule has 1 saturated carbocycles. The summed E-state index contributed by atoms with van der Waals surface area (Å²) in [7, 11) is 0. The van der Waals surface area contributed by atoms with Crippen LogP contribution in [-0.4, -0.2) is 30.3 Å². The van der Waals surface area contributed by atoms with Gasteiger partial charge in [0.25, 0.3) is 0 Å². The maximum Gasteiger partial charge on any atom is 0.119 e. The Hall–Kier alpha value is -1.35. The predicted octanol–water partition coefficient (Wildman–Crippen LogP) is 6.29. The van der Waals surface area contributed by atoms with Crippen LogP contribution in [-0.2, 0) is 4.74 Å². The van der Waals surface area contributed by atoms with Gasteiger partial charge in [-0.1, -0.05) is 36.4 Å². The second-order valence-electron chi connectivity index (χ2n) is 8.84. The zero-order chi connectivity index (χ0) is 18.4. The molecule has 3 aliphatic rings. The van der Waals surface area contributed by atoms with Crippen LogP contribution in [0.2, 0.25) is 0 Å². The van der Waals surface area contributed by atoms with Crippen molar-refractivity contribution < 1.29 is 4.74 Å². The van der Waals surface area contributed by atoms with Crippen molar-refractivity contribution in [3.8, 4) is 0 Å². The van der Waals surface area contributed by atoms with Crippen LogP contribution in [0.5, 0.6) is 0 Å². The topological polar surface area (TPSA) is 12.5 Å². The van der Waals surface area contributed by atoms with Crippen LogP contribution in [0.25, 0.3) is 16.3 Å². The second kappa shape index (κ2) is 7.82. The van der Waals surface area contributed by atoms with Gasteiger partial charge in [-0.2, -0.15) is 0 Å². The van der Waals surface area contributed by atoms with Crippen LogP contribution < -0.4 is 0 Å². The highest BCUT2D eigenvalue weighted by Crippen LogP contribution is 2.53. The summed E-state index contributed by atoms with van der Waals surface area (Å²) in [5, 5.41) is 2.71. The number of hydrogen-bond donors (Lipinski definition) is 0. The number of fused-ring (bicyclic) bond motifs is 3. The Labute approximate surface area is 175 Å². The number of allylic oxidation sites excluding steroid dienone is 1. The summed E-state index contributed by atoms with van der Waals surface area (Å²) in [5.74, 6) is 1.56. The van der Waals surface area contributed by atoms with Gasteiger partial charge in [0.2, 0.25) is 0 Å². The summed E-state index contributed by atoms with van der Waals surface area (Å²) in [6, 6.07) is 15.8. The fraction of sp³-hybridized carbons (Fsp3) is 0.520. The number of rotatable bonds is 5. The van der Waals surface area contributed by atoms with Crippen molar-refractivity contribution in [3.63, 3.8) is 0 Å². The molecule has 28 heavy (non-hydrogen) atoms. The third-order valence-corrected chi connectivity index (χ3v) is 7.29. The Morgan fingerprint density at radius 1 is 1.07 bits per heavy atom. The Kier molecular flexibility index (Phi) is 5.57.